The number of carboxylic acid groups (broad SMARTS) is 3. The molecule has 18 heavy (non-hydrogen) atoms. The molecule has 0 rings (SSSR count). The second kappa shape index (κ2) is 11.7. The minimum atomic E-state index is -1.13. The van der Waals surface area contributed by atoms with Gasteiger partial charge in [-0.05, 0) is 0 Å². The molecule has 0 unspecified atom stereocenters. The molecule has 0 saturated carbocycles. The minimum Gasteiger partial charge on any atom is -0.480 e. The quantitative estimate of drug-likeness (QED) is 0.283. The zero-order chi connectivity index (χ0) is 12.6. The van der Waals surface area contributed by atoms with E-state index in [0.29, 0.717) is 0 Å². The van der Waals surface area contributed by atoms with E-state index in [4.69, 9.17) is 15.3 Å². The van der Waals surface area contributed by atoms with Gasteiger partial charge < -0.3 is 32.9 Å². The van der Waals surface area contributed by atoms with Crippen molar-refractivity contribution >= 4 is 17.9 Å². The number of carboxylic acids is 3. The maximum atomic E-state index is 10.4. The lowest BCUT2D eigenvalue weighted by molar-refractivity contribution is -0.142. The molecule has 0 aliphatic carbocycles. The van der Waals surface area contributed by atoms with Crippen LogP contribution in [0.5, 0.6) is 0 Å². The van der Waals surface area contributed by atoms with Gasteiger partial charge in [-0.2, -0.15) is 0 Å². The Balaban J connectivity index is -0.00000112. The molecule has 0 heterocycles. The number of hydrogen-bond acceptors (Lipinski definition) is 5. The highest BCUT2D eigenvalue weighted by Gasteiger charge is 2.12. The zero-order valence-electron chi connectivity index (χ0n) is 10.5. The average Bonchev–Trinajstić information content (AvgIpc) is 2.09. The number of hydrogen-bond donors (Lipinski definition) is 6. The van der Waals surface area contributed by atoms with E-state index < -0.39 is 17.9 Å². The van der Waals surface area contributed by atoms with E-state index in [9.17, 15) is 14.4 Å². The molecule has 0 bridgehead atoms. The van der Waals surface area contributed by atoms with E-state index in [1.165, 1.54) is 4.90 Å². The van der Waals surface area contributed by atoms with Crippen LogP contribution >= 0.6 is 0 Å². The van der Waals surface area contributed by atoms with E-state index in [1.54, 1.807) is 0 Å². The lowest BCUT2D eigenvalue weighted by Crippen LogP contribution is -2.39. The summed E-state index contributed by atoms with van der Waals surface area (Å²) in [6.45, 7) is -0.644. The van der Waals surface area contributed by atoms with Gasteiger partial charge in [0.05, 0.1) is 19.6 Å². The Bertz CT molecular complexity index is 256. The molecule has 0 atom stereocenters. The van der Waals surface area contributed by atoms with Crippen LogP contribution in [0.2, 0.25) is 0 Å². The van der Waals surface area contributed by atoms with Gasteiger partial charge in [-0.15, -0.1) is 0 Å². The summed E-state index contributed by atoms with van der Waals surface area (Å²) >= 11 is 0. The van der Waals surface area contributed by atoms with Gasteiger partial charge >= 0.3 is 17.9 Å². The molecule has 10 heteroatoms. The van der Waals surface area contributed by atoms with Crippen LogP contribution in [0.4, 0.5) is 0 Å². The molecular weight excluding hydrogens is 248 g/mol. The Kier molecular flexibility index (Phi) is 14.0. The van der Waals surface area contributed by atoms with Gasteiger partial charge in [-0.3, -0.25) is 19.3 Å². The van der Waals surface area contributed by atoms with Crippen LogP contribution in [0.1, 0.15) is 0 Å². The van der Waals surface area contributed by atoms with Crippen molar-refractivity contribution in [3.05, 3.63) is 0 Å². The molecular formula is C8H22N4O6+2. The predicted molar refractivity (Wildman–Crippen MR) is 64.2 cm³/mol. The van der Waals surface area contributed by atoms with Gasteiger partial charge in [0.25, 0.3) is 0 Å². The highest BCUT2D eigenvalue weighted by molar-refractivity contribution is 5.72. The summed E-state index contributed by atoms with van der Waals surface area (Å²) in [5.41, 5.74) is 0. The number of carbonyl (C=O) groups is 3. The zero-order valence-corrected chi connectivity index (χ0v) is 10.5. The third-order valence-corrected chi connectivity index (χ3v) is 1.60. The standard InChI is InChI=1S/C8H14N2O6.2H3N/c11-6(12)3-9-1-2-10(4-7(13)14)5-8(15)16;;/h9H,1-5H2,(H,11,12)(H,13,14)(H,15,16);2*1H3/p+2. The minimum absolute atomic E-state index is 0. The Morgan fingerprint density at radius 1 is 0.889 bits per heavy atom. The van der Waals surface area contributed by atoms with Gasteiger partial charge in [0.1, 0.15) is 0 Å². The first-order valence-electron chi connectivity index (χ1n) is 4.50. The molecule has 12 N–H and O–H groups in total. The second-order valence-electron chi connectivity index (χ2n) is 3.07. The van der Waals surface area contributed by atoms with Crippen molar-refractivity contribution in [2.24, 2.45) is 0 Å². The van der Waals surface area contributed by atoms with Crippen LogP contribution in [0.15, 0.2) is 0 Å². The van der Waals surface area contributed by atoms with Crippen LogP contribution in [-0.4, -0.2) is 70.9 Å². The van der Waals surface area contributed by atoms with Crippen LogP contribution < -0.4 is 17.6 Å². The topological polar surface area (TPSA) is 200 Å². The highest BCUT2D eigenvalue weighted by Crippen LogP contribution is 1.87. The Hall–Kier alpha value is -1.75. The monoisotopic (exact) mass is 270 g/mol. The van der Waals surface area contributed by atoms with Crippen LogP contribution in [0.25, 0.3) is 0 Å². The summed E-state index contributed by atoms with van der Waals surface area (Å²) in [6.07, 6.45) is 0. The first-order valence-corrected chi connectivity index (χ1v) is 4.50. The molecule has 0 aliphatic heterocycles. The summed E-state index contributed by atoms with van der Waals surface area (Å²) in [5.74, 6) is -3.28. The Morgan fingerprint density at radius 3 is 1.67 bits per heavy atom. The number of rotatable bonds is 9. The molecule has 0 amide bonds. The number of nitrogens with one attached hydrogen (secondary N) is 1. The van der Waals surface area contributed by atoms with Gasteiger partial charge in [0.15, 0.2) is 0 Å². The molecule has 0 spiro atoms. The van der Waals surface area contributed by atoms with E-state index in [-0.39, 0.29) is 45.0 Å². The number of quaternary nitrogens is 2. The maximum absolute atomic E-state index is 10.4. The average molecular weight is 270 g/mol. The molecule has 0 fully saturated rings. The van der Waals surface area contributed by atoms with Crippen molar-refractivity contribution < 1.29 is 29.7 Å². The first-order chi connectivity index (χ1) is 7.41. The van der Waals surface area contributed by atoms with Gasteiger partial charge in [0.2, 0.25) is 0 Å². The molecule has 0 radical (unpaired) electrons. The van der Waals surface area contributed by atoms with E-state index in [2.05, 4.69) is 5.32 Å². The van der Waals surface area contributed by atoms with Gasteiger partial charge in [-0.1, -0.05) is 0 Å². The molecule has 0 aromatic carbocycles. The Labute approximate surface area is 104 Å². The molecule has 0 aromatic heterocycles. The van der Waals surface area contributed by atoms with E-state index in [1.807, 2.05) is 0 Å². The lowest BCUT2D eigenvalue weighted by atomic mass is 10.4. The summed E-state index contributed by atoms with van der Waals surface area (Å²) in [4.78, 5) is 32.1. The van der Waals surface area contributed by atoms with Crippen LogP contribution in [-0.2, 0) is 14.4 Å². The molecule has 108 valence electrons. The van der Waals surface area contributed by atoms with Crippen LogP contribution in [0.3, 0.4) is 0 Å². The third kappa shape index (κ3) is 14.2. The first kappa shape index (κ1) is 21.5. The van der Waals surface area contributed by atoms with Crippen molar-refractivity contribution in [2.45, 2.75) is 0 Å². The van der Waals surface area contributed by atoms with Crippen molar-refractivity contribution in [3.8, 4) is 0 Å². The molecule has 0 aromatic rings. The van der Waals surface area contributed by atoms with E-state index >= 15 is 0 Å². The SMILES string of the molecule is O=C(O)CNCCN(CC(=O)O)CC(=O)O.[NH4+].[NH4+]. The molecule has 10 nitrogen and oxygen atoms in total. The van der Waals surface area contributed by atoms with Crippen molar-refractivity contribution in [1.82, 2.24) is 22.5 Å². The summed E-state index contributed by atoms with van der Waals surface area (Å²) in [7, 11) is 0. The van der Waals surface area contributed by atoms with Crippen molar-refractivity contribution in [1.29, 1.82) is 0 Å². The maximum Gasteiger partial charge on any atom is 0.317 e. The normalized spacial score (nSPS) is 9.17. The van der Waals surface area contributed by atoms with Gasteiger partial charge in [-0.25, -0.2) is 0 Å². The lowest BCUT2D eigenvalue weighted by Gasteiger charge is -2.17. The fourth-order valence-electron chi connectivity index (χ4n) is 1.03. The predicted octanol–water partition coefficient (Wildman–Crippen LogP) is -1.12. The highest BCUT2D eigenvalue weighted by atomic mass is 16.4. The van der Waals surface area contributed by atoms with Gasteiger partial charge in [0, 0.05) is 13.1 Å². The third-order valence-electron chi connectivity index (χ3n) is 1.60. The largest absolute Gasteiger partial charge is 0.480 e. The fourth-order valence-corrected chi connectivity index (χ4v) is 1.03. The second-order valence-corrected chi connectivity index (χ2v) is 3.07. The number of aliphatic carboxylic acids is 3. The van der Waals surface area contributed by atoms with E-state index in [0.717, 1.165) is 0 Å². The molecule has 0 saturated heterocycles. The van der Waals surface area contributed by atoms with Crippen molar-refractivity contribution in [2.75, 3.05) is 32.7 Å². The number of nitrogens with zero attached hydrogens (tertiary/aromatic N) is 1. The van der Waals surface area contributed by atoms with Crippen LogP contribution in [0, 0.1) is 0 Å². The summed E-state index contributed by atoms with van der Waals surface area (Å²) in [5, 5.41) is 27.8. The summed E-state index contributed by atoms with van der Waals surface area (Å²) in [6, 6.07) is 0. The summed E-state index contributed by atoms with van der Waals surface area (Å²) < 4.78 is 0. The molecule has 0 aliphatic rings. The Morgan fingerprint density at radius 2 is 1.33 bits per heavy atom. The van der Waals surface area contributed by atoms with Crippen molar-refractivity contribution in [3.63, 3.8) is 0 Å². The smallest absolute Gasteiger partial charge is 0.317 e. The fraction of sp³-hybridized carbons (Fsp3) is 0.625.